The average Bonchev–Trinajstić information content (AvgIpc) is 2.96. The van der Waals surface area contributed by atoms with Crippen LogP contribution >= 0.6 is 0 Å². The summed E-state index contributed by atoms with van der Waals surface area (Å²) in [6.45, 7) is 12.5. The molecule has 5 heteroatoms. The molecule has 0 aliphatic heterocycles. The third-order valence-corrected chi connectivity index (χ3v) is 7.98. The molecule has 2 aromatic carbocycles. The summed E-state index contributed by atoms with van der Waals surface area (Å²) in [5.74, 6) is -0.709. The maximum absolute atomic E-state index is 11.8. The van der Waals surface area contributed by atoms with E-state index in [4.69, 9.17) is 9.72 Å². The first-order valence-electron chi connectivity index (χ1n) is 15.0. The molecule has 3 rings (SSSR count). The van der Waals surface area contributed by atoms with E-state index in [1.807, 2.05) is 62.4 Å². The highest BCUT2D eigenvalue weighted by atomic mass is 16.5. The van der Waals surface area contributed by atoms with Gasteiger partial charge in [-0.2, -0.15) is 0 Å². The third kappa shape index (κ3) is 10.2. The van der Waals surface area contributed by atoms with Crippen molar-refractivity contribution in [3.63, 3.8) is 0 Å². The molecule has 41 heavy (non-hydrogen) atoms. The van der Waals surface area contributed by atoms with Crippen LogP contribution in [0.5, 0.6) is 0 Å². The molecule has 0 bridgehead atoms. The molecule has 0 fully saturated rings. The number of aliphatic carboxylic acids is 1. The number of aryl methyl sites for hydroxylation is 1. The Morgan fingerprint density at radius 3 is 2.37 bits per heavy atom. The van der Waals surface area contributed by atoms with Crippen LogP contribution in [0.1, 0.15) is 94.8 Å². The van der Waals surface area contributed by atoms with Gasteiger partial charge in [0.05, 0.1) is 23.4 Å². The van der Waals surface area contributed by atoms with Crippen LogP contribution in [0.15, 0.2) is 66.7 Å². The fourth-order valence-electron chi connectivity index (χ4n) is 4.95. The monoisotopic (exact) mass is 556 g/mol. The second-order valence-electron chi connectivity index (χ2n) is 11.9. The number of benzene rings is 2. The lowest BCUT2D eigenvalue weighted by Crippen LogP contribution is -2.31. The molecular weight excluding hydrogens is 508 g/mol. The van der Waals surface area contributed by atoms with E-state index in [1.165, 1.54) is 11.1 Å². The minimum absolute atomic E-state index is 0.193. The Morgan fingerprint density at radius 2 is 1.68 bits per heavy atom. The molecule has 5 nitrogen and oxygen atoms in total. The smallest absolute Gasteiger partial charge is 0.309 e. The largest absolute Gasteiger partial charge is 0.481 e. The maximum Gasteiger partial charge on any atom is 0.309 e. The summed E-state index contributed by atoms with van der Waals surface area (Å²) in [7, 11) is 0. The van der Waals surface area contributed by atoms with Crippen molar-refractivity contribution in [3.05, 3.63) is 94.8 Å². The predicted octanol–water partition coefficient (Wildman–Crippen LogP) is 8.78. The van der Waals surface area contributed by atoms with Crippen LogP contribution in [0.2, 0.25) is 0 Å². The minimum Gasteiger partial charge on any atom is -0.481 e. The normalized spacial score (nSPS) is 12.1. The highest BCUT2D eigenvalue weighted by Crippen LogP contribution is 2.31. The highest BCUT2D eigenvalue weighted by molar-refractivity contribution is 5.74. The number of rotatable bonds is 16. The molecule has 220 valence electrons. The van der Waals surface area contributed by atoms with E-state index in [2.05, 4.69) is 56.4 Å². The molecular formula is C36H48N2O3. The van der Waals surface area contributed by atoms with E-state index < -0.39 is 11.4 Å². The van der Waals surface area contributed by atoms with E-state index in [9.17, 15) is 9.90 Å². The summed E-state index contributed by atoms with van der Waals surface area (Å²) in [6.07, 6.45) is 9.13. The van der Waals surface area contributed by atoms with Gasteiger partial charge in [-0.3, -0.25) is 9.78 Å². The summed E-state index contributed by atoms with van der Waals surface area (Å²) in [4.78, 5) is 16.5. The molecule has 0 atom stereocenters. The van der Waals surface area contributed by atoms with Crippen LogP contribution in [0, 0.1) is 5.41 Å². The number of hydrogen-bond acceptors (Lipinski definition) is 4. The van der Waals surface area contributed by atoms with Crippen molar-refractivity contribution in [1.29, 1.82) is 0 Å². The van der Waals surface area contributed by atoms with Gasteiger partial charge in [-0.15, -0.1) is 0 Å². The lowest BCUT2D eigenvalue weighted by molar-refractivity contribution is -0.149. The summed E-state index contributed by atoms with van der Waals surface area (Å²) in [5, 5.41) is 13.1. The van der Waals surface area contributed by atoms with Crippen molar-refractivity contribution >= 4 is 23.8 Å². The van der Waals surface area contributed by atoms with Gasteiger partial charge in [-0.05, 0) is 91.0 Å². The quantitative estimate of drug-likeness (QED) is 0.173. The van der Waals surface area contributed by atoms with Gasteiger partial charge >= 0.3 is 5.97 Å². The van der Waals surface area contributed by atoms with Crippen LogP contribution in [0.4, 0.5) is 5.69 Å². The van der Waals surface area contributed by atoms with E-state index >= 15 is 0 Å². The molecule has 0 spiro atoms. The van der Waals surface area contributed by atoms with Crippen molar-refractivity contribution in [1.82, 2.24) is 4.98 Å². The van der Waals surface area contributed by atoms with Gasteiger partial charge in [-0.1, -0.05) is 83.2 Å². The number of carboxylic acid groups (broad SMARTS) is 1. The molecule has 2 N–H and O–H groups in total. The molecule has 1 aromatic heterocycles. The highest BCUT2D eigenvalue weighted by Gasteiger charge is 2.34. The number of aromatic nitrogens is 1. The molecule has 1 heterocycles. The number of anilines is 1. The lowest BCUT2D eigenvalue weighted by atomic mass is 9.79. The standard InChI is InChI=1S/C36H48N2O3/c1-6-36(7-2,34(39)40)23-24-37-32-15-10-13-29(26-32)19-22-31-14-11-16-33(38-31)27-41-25-9-8-12-28-17-20-30(21-18-28)35(3,4)5/h10-11,13-22,26,37H,6-9,12,23-25,27H2,1-5H3,(H,39,40). The second-order valence-corrected chi connectivity index (χ2v) is 11.9. The van der Waals surface area contributed by atoms with Gasteiger partial charge in [0.1, 0.15) is 0 Å². The maximum atomic E-state index is 11.8. The van der Waals surface area contributed by atoms with Gasteiger partial charge in [0.25, 0.3) is 0 Å². The fourth-order valence-corrected chi connectivity index (χ4v) is 4.95. The number of nitrogens with zero attached hydrogens (tertiary/aromatic N) is 1. The Bertz CT molecular complexity index is 1250. The van der Waals surface area contributed by atoms with Crippen molar-refractivity contribution < 1.29 is 14.6 Å². The van der Waals surface area contributed by atoms with Crippen molar-refractivity contribution in [2.75, 3.05) is 18.5 Å². The van der Waals surface area contributed by atoms with Gasteiger partial charge in [-0.25, -0.2) is 0 Å². The fraction of sp³-hybridized carbons (Fsp3) is 0.444. The third-order valence-electron chi connectivity index (χ3n) is 7.98. The molecule has 0 unspecified atom stereocenters. The van der Waals surface area contributed by atoms with Gasteiger partial charge in [0, 0.05) is 18.8 Å². The molecule has 0 amide bonds. The van der Waals surface area contributed by atoms with E-state index in [0.29, 0.717) is 32.4 Å². The number of hydrogen-bond donors (Lipinski definition) is 2. The van der Waals surface area contributed by atoms with Gasteiger partial charge in [0.2, 0.25) is 0 Å². The van der Waals surface area contributed by atoms with Crippen molar-refractivity contribution in [2.45, 2.75) is 85.2 Å². The van der Waals surface area contributed by atoms with Crippen LogP contribution < -0.4 is 5.32 Å². The molecule has 0 saturated carbocycles. The van der Waals surface area contributed by atoms with Crippen molar-refractivity contribution in [2.24, 2.45) is 5.41 Å². The number of ether oxygens (including phenoxy) is 1. The average molecular weight is 557 g/mol. The summed E-state index contributed by atoms with van der Waals surface area (Å²) in [6, 6.07) is 23.2. The Morgan fingerprint density at radius 1 is 0.951 bits per heavy atom. The van der Waals surface area contributed by atoms with Crippen LogP contribution in [0.3, 0.4) is 0 Å². The topological polar surface area (TPSA) is 71.5 Å². The molecule has 0 radical (unpaired) electrons. The summed E-state index contributed by atoms with van der Waals surface area (Å²) < 4.78 is 5.92. The minimum atomic E-state index is -0.709. The van der Waals surface area contributed by atoms with E-state index in [0.717, 1.165) is 48.5 Å². The summed E-state index contributed by atoms with van der Waals surface area (Å²) >= 11 is 0. The lowest BCUT2D eigenvalue weighted by Gasteiger charge is -2.26. The zero-order valence-corrected chi connectivity index (χ0v) is 25.6. The number of carboxylic acids is 1. The van der Waals surface area contributed by atoms with Crippen molar-refractivity contribution in [3.8, 4) is 0 Å². The Labute approximate surface area is 247 Å². The van der Waals surface area contributed by atoms with Crippen LogP contribution in [-0.4, -0.2) is 29.2 Å². The first kappa shape index (κ1) is 32.1. The van der Waals surface area contributed by atoms with E-state index in [-0.39, 0.29) is 5.41 Å². The molecule has 0 aliphatic rings. The Hall–Kier alpha value is -3.44. The van der Waals surface area contributed by atoms with Crippen LogP contribution in [0.25, 0.3) is 12.2 Å². The summed E-state index contributed by atoms with van der Waals surface area (Å²) in [5.41, 5.74) is 6.14. The Kier molecular flexibility index (Phi) is 12.2. The SMILES string of the molecule is CCC(CC)(CCNc1cccc(C=Cc2cccc(COCCCCc3ccc(C(C)(C)C)cc3)n2)c1)C(=O)O. The van der Waals surface area contributed by atoms with Crippen LogP contribution in [-0.2, 0) is 28.0 Å². The number of pyridine rings is 1. The number of nitrogens with one attached hydrogen (secondary N) is 1. The zero-order chi connectivity index (χ0) is 29.7. The first-order chi connectivity index (χ1) is 19.6. The van der Waals surface area contributed by atoms with Gasteiger partial charge < -0.3 is 15.2 Å². The predicted molar refractivity (Wildman–Crippen MR) is 171 cm³/mol. The zero-order valence-electron chi connectivity index (χ0n) is 25.6. The number of carbonyl (C=O) groups is 1. The van der Waals surface area contributed by atoms with E-state index in [1.54, 1.807) is 0 Å². The van der Waals surface area contributed by atoms with Gasteiger partial charge in [0.15, 0.2) is 0 Å². The molecule has 0 aliphatic carbocycles. The molecule has 0 saturated heterocycles. The first-order valence-corrected chi connectivity index (χ1v) is 15.0. The molecule has 3 aromatic rings. The second kappa shape index (κ2) is 15.5. The Balaban J connectivity index is 1.42. The number of unbranched alkanes of at least 4 members (excludes halogenated alkanes) is 1.